The van der Waals surface area contributed by atoms with Gasteiger partial charge in [0.15, 0.2) is 0 Å². The standard InChI is InChI=1S/C33H39N3O9.C17H20O6S.C15H11N3O2/c37-12-13-39-14-15-40-18-21-43-27-5-7-28(8-6-27)44-22-19-41-16-17-42-20-23-45-29-9-11-31(35-25-29)33-3-1-2-32(36-33)30-10-4-26(38)24-34-30;1-14-2-8-17(9-3-14)24(19,20)23-13-12-22-16-6-4-15(5-7-16)21-11-10-18;19-10-4-6-12(16-8-10)14-2-1-3-15(18-14)13-7-5-11(20)9-17-13/h1-11,24-25,37-38H,12-23H2;2-9,18H,10-13H2,1H3;1-9,19-20H. The number of rotatable bonds is 33. The van der Waals surface area contributed by atoms with Crippen LogP contribution in [0, 0.1) is 6.92 Å². The van der Waals surface area contributed by atoms with Crippen LogP contribution in [0.3, 0.4) is 0 Å². The Labute approximate surface area is 515 Å². The average Bonchev–Trinajstić information content (AvgIpc) is 3.76. The second kappa shape index (κ2) is 37.4. The zero-order chi connectivity index (χ0) is 62.7. The highest BCUT2D eigenvalue weighted by atomic mass is 32.2. The van der Waals surface area contributed by atoms with Gasteiger partial charge >= 0.3 is 0 Å². The Kier molecular flexibility index (Phi) is 28.2. The number of ether oxygens (including phenoxy) is 9. The van der Waals surface area contributed by atoms with Crippen molar-refractivity contribution in [2.75, 3.05) is 106 Å². The van der Waals surface area contributed by atoms with Crippen LogP contribution in [-0.4, -0.2) is 170 Å². The van der Waals surface area contributed by atoms with E-state index in [1.807, 2.05) is 79.7 Å². The SMILES string of the molecule is Cc1ccc(S(=O)(=O)OCCOc2ccc(OCCO)cc2)cc1.OCCOCCOCCOc1ccc(OCCOCCOCCOc2ccc(-c3cccc(-c4ccc(O)cn4)n3)nc2)cc1.Oc1ccc(-c2cccc(-c3ccc(O)cn3)n2)nc1. The van der Waals surface area contributed by atoms with Crippen LogP contribution in [0.2, 0.25) is 0 Å². The zero-order valence-corrected chi connectivity index (χ0v) is 49.7. The lowest BCUT2D eigenvalue weighted by Crippen LogP contribution is -2.13. The Bertz CT molecular complexity index is 3480. The van der Waals surface area contributed by atoms with Crippen molar-refractivity contribution < 1.29 is 80.8 Å². The highest BCUT2D eigenvalue weighted by Gasteiger charge is 2.15. The molecule has 0 atom stereocenters. The van der Waals surface area contributed by atoms with Crippen LogP contribution < -0.4 is 23.7 Å². The van der Waals surface area contributed by atoms with Crippen LogP contribution >= 0.6 is 0 Å². The maximum Gasteiger partial charge on any atom is 0.297 e. The van der Waals surface area contributed by atoms with E-state index in [1.165, 1.54) is 30.7 Å². The third kappa shape index (κ3) is 24.4. The van der Waals surface area contributed by atoms with Gasteiger partial charge in [-0.25, -0.2) is 9.97 Å². The van der Waals surface area contributed by atoms with Crippen molar-refractivity contribution in [3.63, 3.8) is 0 Å². The molecule has 0 unspecified atom stereocenters. The fourth-order valence-electron chi connectivity index (χ4n) is 7.54. The van der Waals surface area contributed by atoms with Gasteiger partial charge < -0.3 is 68.2 Å². The second-order valence-electron chi connectivity index (χ2n) is 18.6. The summed E-state index contributed by atoms with van der Waals surface area (Å²) in [7, 11) is -3.77. The Morgan fingerprint density at radius 1 is 0.326 bits per heavy atom. The van der Waals surface area contributed by atoms with Gasteiger partial charge in [-0.1, -0.05) is 29.8 Å². The van der Waals surface area contributed by atoms with Gasteiger partial charge in [0, 0.05) is 0 Å². The van der Waals surface area contributed by atoms with Gasteiger partial charge in [0.2, 0.25) is 0 Å². The summed E-state index contributed by atoms with van der Waals surface area (Å²) >= 11 is 0. The predicted octanol–water partition coefficient (Wildman–Crippen LogP) is 8.57. The van der Waals surface area contributed by atoms with Crippen LogP contribution in [-0.2, 0) is 33.2 Å². The average molecular weight is 1240 g/mol. The minimum Gasteiger partial charge on any atom is -0.506 e. The summed E-state index contributed by atoms with van der Waals surface area (Å²) < 4.78 is 78.3. The molecule has 0 fully saturated rings. The minimum absolute atomic E-state index is 0.0130. The molecule has 0 saturated heterocycles. The lowest BCUT2D eigenvalue weighted by atomic mass is 10.2. The molecule has 0 radical (unpaired) electrons. The molecule has 6 heterocycles. The highest BCUT2D eigenvalue weighted by Crippen LogP contribution is 2.25. The first-order valence-corrected chi connectivity index (χ1v) is 29.5. The first-order valence-electron chi connectivity index (χ1n) is 28.1. The fraction of sp³-hybridized carbons (Fsp3) is 0.262. The molecule has 0 spiro atoms. The third-order valence-electron chi connectivity index (χ3n) is 11.9. The van der Waals surface area contributed by atoms with E-state index in [4.69, 9.17) is 57.0 Å². The van der Waals surface area contributed by atoms with Gasteiger partial charge in [-0.2, -0.15) is 8.42 Å². The molecular weight excluding hydrogens is 1170 g/mol. The van der Waals surface area contributed by atoms with E-state index in [-0.39, 0.29) is 55.2 Å². The molecule has 0 aliphatic heterocycles. The van der Waals surface area contributed by atoms with Crippen LogP contribution in [0.25, 0.3) is 45.6 Å². The number of benzene rings is 3. The van der Waals surface area contributed by atoms with E-state index in [2.05, 4.69) is 29.9 Å². The normalized spacial score (nSPS) is 10.9. The predicted molar refractivity (Wildman–Crippen MR) is 329 cm³/mol. The molecule has 468 valence electrons. The van der Waals surface area contributed by atoms with E-state index < -0.39 is 10.1 Å². The van der Waals surface area contributed by atoms with Crippen LogP contribution in [0.4, 0.5) is 0 Å². The summed E-state index contributed by atoms with van der Waals surface area (Å²) in [5.41, 5.74) is 6.48. The van der Waals surface area contributed by atoms with E-state index in [0.717, 1.165) is 17.1 Å². The van der Waals surface area contributed by atoms with Crippen LogP contribution in [0.5, 0.6) is 46.0 Å². The molecule has 3 aromatic carbocycles. The third-order valence-corrected chi connectivity index (χ3v) is 13.2. The maximum atomic E-state index is 12.0. The molecule has 24 heteroatoms. The molecule has 0 bridgehead atoms. The monoisotopic (exact) mass is 1240 g/mol. The van der Waals surface area contributed by atoms with Crippen LogP contribution in [0.15, 0.2) is 187 Å². The number of aliphatic hydroxyl groups is 2. The molecule has 23 nitrogen and oxygen atoms in total. The first kappa shape index (κ1) is 67.1. The number of aryl methyl sites for hydroxylation is 1. The van der Waals surface area contributed by atoms with Crippen molar-refractivity contribution in [3.05, 3.63) is 188 Å². The Balaban J connectivity index is 0.000000213. The van der Waals surface area contributed by atoms with Gasteiger partial charge in [0.1, 0.15) is 85.6 Å². The van der Waals surface area contributed by atoms with Crippen molar-refractivity contribution in [3.8, 4) is 91.5 Å². The summed E-state index contributed by atoms with van der Waals surface area (Å²) in [6.45, 7) is 6.78. The molecule has 0 aliphatic rings. The summed E-state index contributed by atoms with van der Waals surface area (Å²) in [6.07, 6.45) is 5.80. The van der Waals surface area contributed by atoms with Gasteiger partial charge in [0.25, 0.3) is 10.1 Å². The number of aliphatic hydroxyl groups excluding tert-OH is 2. The highest BCUT2D eigenvalue weighted by molar-refractivity contribution is 7.86. The number of pyridine rings is 6. The molecule has 0 saturated carbocycles. The number of nitrogens with zero attached hydrogens (tertiary/aromatic N) is 6. The lowest BCUT2D eigenvalue weighted by Gasteiger charge is -2.10. The van der Waals surface area contributed by atoms with E-state index >= 15 is 0 Å². The van der Waals surface area contributed by atoms with Crippen molar-refractivity contribution >= 4 is 10.1 Å². The quantitative estimate of drug-likeness (QED) is 0.0190. The zero-order valence-electron chi connectivity index (χ0n) is 48.9. The van der Waals surface area contributed by atoms with Gasteiger partial charge in [-0.15, -0.1) is 0 Å². The maximum absolute atomic E-state index is 12.0. The van der Waals surface area contributed by atoms with Crippen molar-refractivity contribution in [2.24, 2.45) is 0 Å². The summed E-state index contributed by atoms with van der Waals surface area (Å²) in [5, 5.41) is 45.3. The van der Waals surface area contributed by atoms with E-state index in [1.54, 1.807) is 79.0 Å². The van der Waals surface area contributed by atoms with Crippen molar-refractivity contribution in [1.29, 1.82) is 0 Å². The molecule has 6 aromatic heterocycles. The molecule has 5 N–H and O–H groups in total. The van der Waals surface area contributed by atoms with Crippen LogP contribution in [0.1, 0.15) is 5.56 Å². The topological polar surface area (TPSA) is 305 Å². The molecule has 9 aromatic rings. The van der Waals surface area contributed by atoms with Crippen molar-refractivity contribution in [1.82, 2.24) is 29.9 Å². The second-order valence-corrected chi connectivity index (χ2v) is 20.2. The molecule has 0 aliphatic carbocycles. The van der Waals surface area contributed by atoms with Crippen molar-refractivity contribution in [2.45, 2.75) is 11.8 Å². The summed E-state index contributed by atoms with van der Waals surface area (Å²) in [6, 6.07) is 45.3. The Hall–Kier alpha value is -9.37. The van der Waals surface area contributed by atoms with Gasteiger partial charge in [-0.3, -0.25) is 24.1 Å². The van der Waals surface area contributed by atoms with E-state index in [0.29, 0.717) is 135 Å². The minimum atomic E-state index is -3.77. The Morgan fingerprint density at radius 2 is 0.640 bits per heavy atom. The summed E-state index contributed by atoms with van der Waals surface area (Å²) in [5.74, 6) is 3.63. The van der Waals surface area contributed by atoms with E-state index in [9.17, 15) is 23.7 Å². The number of aromatic nitrogens is 6. The number of hydrogen-bond acceptors (Lipinski definition) is 23. The Morgan fingerprint density at radius 3 is 0.989 bits per heavy atom. The molecular formula is C65H70N6O17S. The van der Waals surface area contributed by atoms with Gasteiger partial charge in [-0.05, 0) is 140 Å². The molecule has 9 rings (SSSR count). The molecule has 0 amide bonds. The first-order chi connectivity index (χ1) is 43.4. The number of aromatic hydroxyl groups is 3. The number of hydrogen-bond donors (Lipinski definition) is 5. The van der Waals surface area contributed by atoms with Gasteiger partial charge in [0.05, 0.1) is 141 Å². The largest absolute Gasteiger partial charge is 0.506 e. The smallest absolute Gasteiger partial charge is 0.297 e. The lowest BCUT2D eigenvalue weighted by molar-refractivity contribution is 0.0247. The fourth-order valence-corrected chi connectivity index (χ4v) is 8.43. The summed E-state index contributed by atoms with van der Waals surface area (Å²) in [4.78, 5) is 26.2. The molecule has 89 heavy (non-hydrogen) atoms.